The van der Waals surface area contributed by atoms with Crippen LogP contribution < -0.4 is 5.32 Å². The first-order valence-electron chi connectivity index (χ1n) is 10.8. The molecule has 1 amide bonds. The molecule has 1 atom stereocenters. The van der Waals surface area contributed by atoms with Crippen LogP contribution in [0.25, 0.3) is 10.8 Å². The summed E-state index contributed by atoms with van der Waals surface area (Å²) in [4.78, 5) is 30.6. The summed E-state index contributed by atoms with van der Waals surface area (Å²) in [5.41, 5.74) is 2.43. The lowest BCUT2D eigenvalue weighted by molar-refractivity contribution is -0.120. The average molecular weight is 483 g/mol. The summed E-state index contributed by atoms with van der Waals surface area (Å²) in [6.45, 7) is 4.36. The number of Topliss-reactive ketones (excluding diaryl/α,β-unsaturated/α-hetero) is 1. The maximum Gasteiger partial charge on any atom is 0.220 e. The monoisotopic (exact) mass is 482 g/mol. The number of rotatable bonds is 7. The predicted octanol–water partition coefficient (Wildman–Crippen LogP) is 6.29. The first-order chi connectivity index (χ1) is 15.8. The van der Waals surface area contributed by atoms with Gasteiger partial charge in [-0.1, -0.05) is 64.8 Å². The molecular formula is C26H24Cl2N2O3. The zero-order chi connectivity index (χ0) is 23.6. The number of halogens is 2. The van der Waals surface area contributed by atoms with Gasteiger partial charge in [0.1, 0.15) is 0 Å². The molecule has 1 N–H and O–H groups in total. The first-order valence-corrected chi connectivity index (χ1v) is 11.6. The number of ketones is 1. The van der Waals surface area contributed by atoms with Crippen LogP contribution in [0.3, 0.4) is 0 Å². The van der Waals surface area contributed by atoms with Crippen LogP contribution in [0.1, 0.15) is 54.6 Å². The zero-order valence-corrected chi connectivity index (χ0v) is 20.0. The van der Waals surface area contributed by atoms with E-state index >= 15 is 0 Å². The fourth-order valence-corrected chi connectivity index (χ4v) is 4.67. The van der Waals surface area contributed by atoms with Crippen molar-refractivity contribution in [2.24, 2.45) is 5.16 Å². The minimum absolute atomic E-state index is 0.0629. The van der Waals surface area contributed by atoms with Gasteiger partial charge in [-0.3, -0.25) is 9.59 Å². The molecule has 0 saturated heterocycles. The molecule has 0 spiro atoms. The van der Waals surface area contributed by atoms with Crippen molar-refractivity contribution < 1.29 is 14.4 Å². The number of nitrogens with one attached hydrogen (secondary N) is 1. The van der Waals surface area contributed by atoms with E-state index < -0.39 is 5.60 Å². The zero-order valence-electron chi connectivity index (χ0n) is 18.5. The highest BCUT2D eigenvalue weighted by atomic mass is 35.5. The van der Waals surface area contributed by atoms with Gasteiger partial charge in [0.25, 0.3) is 0 Å². The molecule has 1 aliphatic heterocycles. The fourth-order valence-electron chi connectivity index (χ4n) is 4.14. The van der Waals surface area contributed by atoms with Crippen molar-refractivity contribution in [2.75, 3.05) is 6.54 Å². The Hall–Kier alpha value is -2.89. The Bertz CT molecular complexity index is 1250. The maximum absolute atomic E-state index is 12.9. The minimum atomic E-state index is -0.702. The van der Waals surface area contributed by atoms with E-state index in [0.717, 1.165) is 27.6 Å². The molecule has 3 aromatic carbocycles. The SMILES string of the molecule is CCNC(=O)CCC(=O)c1ccc(C2=NO[C@@](C)(c3cc(Cl)cc(Cl)c3)C2)c2ccccc12. The number of nitrogens with zero attached hydrogens (tertiary/aromatic N) is 1. The first kappa shape index (κ1) is 23.3. The van der Waals surface area contributed by atoms with E-state index in [1.165, 1.54) is 0 Å². The highest BCUT2D eigenvalue weighted by Crippen LogP contribution is 2.39. The highest BCUT2D eigenvalue weighted by molar-refractivity contribution is 6.34. The van der Waals surface area contributed by atoms with Crippen LogP contribution >= 0.6 is 23.2 Å². The third kappa shape index (κ3) is 4.90. The average Bonchev–Trinajstić information content (AvgIpc) is 3.19. The minimum Gasteiger partial charge on any atom is -0.384 e. The van der Waals surface area contributed by atoms with Crippen LogP contribution in [0, 0.1) is 0 Å². The van der Waals surface area contributed by atoms with Gasteiger partial charge in [0.05, 0.1) is 5.71 Å². The topological polar surface area (TPSA) is 67.8 Å². The van der Waals surface area contributed by atoms with Crippen molar-refractivity contribution >= 4 is 51.4 Å². The number of hydrogen-bond acceptors (Lipinski definition) is 4. The molecule has 0 aromatic heterocycles. The number of hydrogen-bond donors (Lipinski definition) is 1. The lowest BCUT2D eigenvalue weighted by Gasteiger charge is -2.22. The Kier molecular flexibility index (Phi) is 6.73. The highest BCUT2D eigenvalue weighted by Gasteiger charge is 2.37. The molecule has 33 heavy (non-hydrogen) atoms. The van der Waals surface area contributed by atoms with Gasteiger partial charge < -0.3 is 10.2 Å². The van der Waals surface area contributed by atoms with Crippen LogP contribution in [0.15, 0.2) is 59.8 Å². The smallest absolute Gasteiger partial charge is 0.220 e. The Morgan fingerprint density at radius 3 is 2.42 bits per heavy atom. The molecule has 0 aliphatic carbocycles. The lowest BCUT2D eigenvalue weighted by Crippen LogP contribution is -2.23. The van der Waals surface area contributed by atoms with E-state index in [9.17, 15) is 9.59 Å². The second-order valence-corrected chi connectivity index (χ2v) is 9.15. The van der Waals surface area contributed by atoms with Gasteiger partial charge in [-0.2, -0.15) is 0 Å². The molecule has 4 rings (SSSR count). The molecule has 0 unspecified atom stereocenters. The fraction of sp³-hybridized carbons (Fsp3) is 0.269. The second-order valence-electron chi connectivity index (χ2n) is 8.28. The Morgan fingerprint density at radius 1 is 1.03 bits per heavy atom. The van der Waals surface area contributed by atoms with Crippen molar-refractivity contribution in [3.63, 3.8) is 0 Å². The van der Waals surface area contributed by atoms with Crippen molar-refractivity contribution in [2.45, 2.75) is 38.7 Å². The number of carbonyl (C=O) groups excluding carboxylic acids is 2. The largest absolute Gasteiger partial charge is 0.384 e. The van der Waals surface area contributed by atoms with Gasteiger partial charge >= 0.3 is 0 Å². The Labute approximate surface area is 202 Å². The third-order valence-electron chi connectivity index (χ3n) is 5.82. The molecule has 170 valence electrons. The van der Waals surface area contributed by atoms with Crippen LogP contribution in [-0.2, 0) is 15.2 Å². The number of carbonyl (C=O) groups is 2. The quantitative estimate of drug-likeness (QED) is 0.402. The molecule has 0 radical (unpaired) electrons. The molecule has 0 saturated carbocycles. The Balaban J connectivity index is 1.63. The number of amides is 1. The molecule has 3 aromatic rings. The van der Waals surface area contributed by atoms with Crippen molar-refractivity contribution in [3.05, 3.63) is 81.3 Å². The van der Waals surface area contributed by atoms with Crippen LogP contribution in [0.2, 0.25) is 10.0 Å². The maximum atomic E-state index is 12.9. The number of oxime groups is 1. The van der Waals surface area contributed by atoms with Gasteiger partial charge in [-0.05, 0) is 42.8 Å². The van der Waals surface area contributed by atoms with Crippen molar-refractivity contribution in [1.82, 2.24) is 5.32 Å². The van der Waals surface area contributed by atoms with E-state index in [1.54, 1.807) is 6.07 Å². The van der Waals surface area contributed by atoms with Gasteiger partial charge in [-0.25, -0.2) is 0 Å². The molecular weight excluding hydrogens is 459 g/mol. The summed E-state index contributed by atoms with van der Waals surface area (Å²) in [5.74, 6) is -0.184. The van der Waals surface area contributed by atoms with Gasteiger partial charge in [0.15, 0.2) is 11.4 Å². The second kappa shape index (κ2) is 9.54. The summed E-state index contributed by atoms with van der Waals surface area (Å²) < 4.78 is 0. The van der Waals surface area contributed by atoms with E-state index in [1.807, 2.05) is 62.4 Å². The van der Waals surface area contributed by atoms with Crippen molar-refractivity contribution in [3.8, 4) is 0 Å². The Morgan fingerprint density at radius 2 is 1.73 bits per heavy atom. The van der Waals surface area contributed by atoms with E-state index in [2.05, 4.69) is 10.5 Å². The molecule has 7 heteroatoms. The molecule has 5 nitrogen and oxygen atoms in total. The standard InChI is InChI=1S/C26H24Cl2N2O3/c1-3-29-25(32)11-10-24(31)22-9-8-21(19-6-4-5-7-20(19)22)23-15-26(2,33-30-23)16-12-17(27)14-18(28)13-16/h4-9,12-14H,3,10-11,15H2,1-2H3,(H,29,32)/t26-/m1/s1. The summed E-state index contributed by atoms with van der Waals surface area (Å²) in [6.07, 6.45) is 0.856. The van der Waals surface area contributed by atoms with Crippen LogP contribution in [0.4, 0.5) is 0 Å². The van der Waals surface area contributed by atoms with Crippen LogP contribution in [0.5, 0.6) is 0 Å². The summed E-state index contributed by atoms with van der Waals surface area (Å²) in [6, 6.07) is 16.8. The number of benzene rings is 3. The summed E-state index contributed by atoms with van der Waals surface area (Å²) in [5, 5.41) is 9.94. The normalized spacial score (nSPS) is 17.5. The van der Waals surface area contributed by atoms with Crippen molar-refractivity contribution in [1.29, 1.82) is 0 Å². The third-order valence-corrected chi connectivity index (χ3v) is 6.26. The van der Waals surface area contributed by atoms with Gasteiger partial charge in [0.2, 0.25) is 5.91 Å². The van der Waals surface area contributed by atoms with Gasteiger partial charge in [0, 0.05) is 52.5 Å². The lowest BCUT2D eigenvalue weighted by atomic mass is 9.87. The molecule has 1 aliphatic rings. The van der Waals surface area contributed by atoms with E-state index in [4.69, 9.17) is 28.0 Å². The van der Waals surface area contributed by atoms with Gasteiger partial charge in [-0.15, -0.1) is 0 Å². The number of fused-ring (bicyclic) bond motifs is 1. The molecule has 0 bridgehead atoms. The van der Waals surface area contributed by atoms with E-state index in [0.29, 0.717) is 28.6 Å². The van der Waals surface area contributed by atoms with Crippen LogP contribution in [-0.4, -0.2) is 23.9 Å². The summed E-state index contributed by atoms with van der Waals surface area (Å²) in [7, 11) is 0. The predicted molar refractivity (Wildman–Crippen MR) is 132 cm³/mol. The molecule has 1 heterocycles. The van der Waals surface area contributed by atoms with E-state index in [-0.39, 0.29) is 24.5 Å². The molecule has 0 fully saturated rings. The summed E-state index contributed by atoms with van der Waals surface area (Å²) >= 11 is 12.4.